The highest BCUT2D eigenvalue weighted by Crippen LogP contribution is 2.31. The Kier molecular flexibility index (Phi) is 5.21. The molecule has 30 heavy (non-hydrogen) atoms. The van der Waals surface area contributed by atoms with E-state index in [2.05, 4.69) is 15.1 Å². The van der Waals surface area contributed by atoms with Gasteiger partial charge in [-0.3, -0.25) is 9.52 Å². The lowest BCUT2D eigenvalue weighted by atomic mass is 10.2. The molecule has 8 nitrogen and oxygen atoms in total. The van der Waals surface area contributed by atoms with Crippen LogP contribution in [0.3, 0.4) is 0 Å². The van der Waals surface area contributed by atoms with Gasteiger partial charge >= 0.3 is 0 Å². The number of anilines is 2. The van der Waals surface area contributed by atoms with Gasteiger partial charge in [-0.2, -0.15) is 5.10 Å². The smallest absolute Gasteiger partial charge is 0.276 e. The third kappa shape index (κ3) is 4.02. The molecule has 9 heteroatoms. The molecular weight excluding hydrogens is 404 g/mol. The molecule has 0 unspecified atom stereocenters. The number of benzene rings is 2. The molecule has 0 radical (unpaired) electrons. The maximum atomic E-state index is 13.0. The van der Waals surface area contributed by atoms with Crippen LogP contribution in [0.2, 0.25) is 0 Å². The number of amides is 1. The van der Waals surface area contributed by atoms with Gasteiger partial charge in [0.15, 0.2) is 5.69 Å². The average molecular weight is 426 g/mol. The molecule has 0 spiro atoms. The number of rotatable bonds is 6. The third-order valence-corrected chi connectivity index (χ3v) is 5.49. The Morgan fingerprint density at radius 1 is 1.13 bits per heavy atom. The van der Waals surface area contributed by atoms with Crippen molar-refractivity contribution in [1.29, 1.82) is 0 Å². The van der Waals surface area contributed by atoms with Gasteiger partial charge in [0.1, 0.15) is 5.75 Å². The molecule has 1 heterocycles. The SMILES string of the molecule is COc1cc(NC(=O)c2nn(-c3ccccc3)c3c2CCC3)ccc1NS(C)(=O)=O. The summed E-state index contributed by atoms with van der Waals surface area (Å²) >= 11 is 0. The lowest BCUT2D eigenvalue weighted by molar-refractivity contribution is 0.102. The van der Waals surface area contributed by atoms with E-state index >= 15 is 0 Å². The fourth-order valence-electron chi connectivity index (χ4n) is 3.65. The lowest BCUT2D eigenvalue weighted by Gasteiger charge is -2.12. The quantitative estimate of drug-likeness (QED) is 0.631. The number of ether oxygens (including phenoxy) is 1. The van der Waals surface area contributed by atoms with Crippen LogP contribution in [0.1, 0.15) is 28.2 Å². The highest BCUT2D eigenvalue weighted by Gasteiger charge is 2.27. The zero-order chi connectivity index (χ0) is 21.3. The van der Waals surface area contributed by atoms with Crippen LogP contribution < -0.4 is 14.8 Å². The molecule has 156 valence electrons. The minimum atomic E-state index is -3.45. The summed E-state index contributed by atoms with van der Waals surface area (Å²) in [4.78, 5) is 13.0. The first kappa shape index (κ1) is 20.0. The monoisotopic (exact) mass is 426 g/mol. The molecule has 0 fully saturated rings. The minimum absolute atomic E-state index is 0.298. The summed E-state index contributed by atoms with van der Waals surface area (Å²) in [6.07, 6.45) is 3.74. The van der Waals surface area contributed by atoms with Gasteiger partial charge in [-0.15, -0.1) is 0 Å². The van der Waals surface area contributed by atoms with E-state index in [1.165, 1.54) is 7.11 Å². The van der Waals surface area contributed by atoms with Gasteiger partial charge in [-0.05, 0) is 43.5 Å². The van der Waals surface area contributed by atoms with Crippen LogP contribution in [0.25, 0.3) is 5.69 Å². The van der Waals surface area contributed by atoms with Crippen LogP contribution in [0.5, 0.6) is 5.75 Å². The van der Waals surface area contributed by atoms with Crippen LogP contribution in [0, 0.1) is 0 Å². The predicted octanol–water partition coefficient (Wildman–Crippen LogP) is 2.99. The van der Waals surface area contributed by atoms with E-state index in [9.17, 15) is 13.2 Å². The summed E-state index contributed by atoms with van der Waals surface area (Å²) < 4.78 is 32.5. The van der Waals surface area contributed by atoms with Gasteiger partial charge in [-0.25, -0.2) is 13.1 Å². The Morgan fingerprint density at radius 3 is 2.60 bits per heavy atom. The highest BCUT2D eigenvalue weighted by molar-refractivity contribution is 7.92. The number of sulfonamides is 1. The molecule has 0 aliphatic heterocycles. The van der Waals surface area contributed by atoms with Crippen molar-refractivity contribution in [2.24, 2.45) is 0 Å². The molecular formula is C21H22N4O4S. The molecule has 0 atom stereocenters. The predicted molar refractivity (Wildman–Crippen MR) is 115 cm³/mol. The van der Waals surface area contributed by atoms with Crippen molar-refractivity contribution in [1.82, 2.24) is 9.78 Å². The standard InChI is InChI=1S/C21H22N4O4S/c1-29-19-13-14(11-12-17(19)24-30(2,27)28)22-21(26)20-16-9-6-10-18(16)25(23-20)15-7-4-3-5-8-15/h3-5,7-8,11-13,24H,6,9-10H2,1-2H3,(H,22,26). The number of aromatic nitrogens is 2. The Balaban J connectivity index is 1.62. The Labute approximate surface area is 174 Å². The van der Waals surface area contributed by atoms with Crippen LogP contribution in [-0.2, 0) is 22.9 Å². The number of hydrogen-bond acceptors (Lipinski definition) is 5. The summed E-state index contributed by atoms with van der Waals surface area (Å²) in [6, 6.07) is 14.5. The van der Waals surface area contributed by atoms with Crippen molar-refractivity contribution < 1.29 is 17.9 Å². The number of hydrogen-bond donors (Lipinski definition) is 2. The lowest BCUT2D eigenvalue weighted by Crippen LogP contribution is -2.15. The molecule has 1 aliphatic rings. The van der Waals surface area contributed by atoms with Gasteiger partial charge in [0.25, 0.3) is 5.91 Å². The molecule has 3 aromatic rings. The van der Waals surface area contributed by atoms with Crippen molar-refractivity contribution >= 4 is 27.3 Å². The van der Waals surface area contributed by atoms with E-state index in [-0.39, 0.29) is 5.91 Å². The van der Waals surface area contributed by atoms with Crippen molar-refractivity contribution in [2.45, 2.75) is 19.3 Å². The van der Waals surface area contributed by atoms with E-state index in [0.717, 1.165) is 42.5 Å². The molecule has 2 N–H and O–H groups in total. The Morgan fingerprint density at radius 2 is 1.90 bits per heavy atom. The number of para-hydroxylation sites is 1. The summed E-state index contributed by atoms with van der Waals surface area (Å²) in [7, 11) is -2.02. The summed E-state index contributed by atoms with van der Waals surface area (Å²) in [5.41, 5.74) is 4.15. The van der Waals surface area contributed by atoms with Crippen LogP contribution in [0.15, 0.2) is 48.5 Å². The van der Waals surface area contributed by atoms with Crippen molar-refractivity contribution in [3.8, 4) is 11.4 Å². The molecule has 1 aromatic heterocycles. The van der Waals surface area contributed by atoms with Gasteiger partial charge in [-0.1, -0.05) is 18.2 Å². The van der Waals surface area contributed by atoms with Crippen molar-refractivity contribution in [3.63, 3.8) is 0 Å². The van der Waals surface area contributed by atoms with Crippen LogP contribution in [0.4, 0.5) is 11.4 Å². The molecule has 0 bridgehead atoms. The number of carbonyl (C=O) groups excluding carboxylic acids is 1. The second kappa shape index (κ2) is 7.83. The minimum Gasteiger partial charge on any atom is -0.494 e. The van der Waals surface area contributed by atoms with E-state index in [1.54, 1.807) is 18.2 Å². The zero-order valence-corrected chi connectivity index (χ0v) is 17.5. The average Bonchev–Trinajstić information content (AvgIpc) is 3.31. The highest BCUT2D eigenvalue weighted by atomic mass is 32.2. The van der Waals surface area contributed by atoms with Crippen LogP contribution in [-0.4, -0.2) is 37.5 Å². The number of fused-ring (bicyclic) bond motifs is 1. The normalized spacial score (nSPS) is 13.0. The fraction of sp³-hybridized carbons (Fsp3) is 0.238. The summed E-state index contributed by atoms with van der Waals surface area (Å²) in [6.45, 7) is 0. The largest absolute Gasteiger partial charge is 0.494 e. The first-order valence-corrected chi connectivity index (χ1v) is 11.4. The molecule has 4 rings (SSSR count). The van der Waals surface area contributed by atoms with E-state index in [4.69, 9.17) is 4.74 Å². The van der Waals surface area contributed by atoms with Gasteiger partial charge in [0.2, 0.25) is 10.0 Å². The second-order valence-corrected chi connectivity index (χ2v) is 8.87. The number of carbonyl (C=O) groups is 1. The maximum Gasteiger partial charge on any atom is 0.276 e. The van der Waals surface area contributed by atoms with Gasteiger partial charge in [0.05, 0.1) is 24.7 Å². The van der Waals surface area contributed by atoms with E-state index in [1.807, 2.05) is 35.0 Å². The fourth-order valence-corrected chi connectivity index (χ4v) is 4.21. The van der Waals surface area contributed by atoms with E-state index in [0.29, 0.717) is 22.8 Å². The number of nitrogens with one attached hydrogen (secondary N) is 2. The zero-order valence-electron chi connectivity index (χ0n) is 16.7. The third-order valence-electron chi connectivity index (χ3n) is 4.90. The van der Waals surface area contributed by atoms with E-state index < -0.39 is 10.0 Å². The summed E-state index contributed by atoms with van der Waals surface area (Å²) in [5, 5.41) is 7.43. The van der Waals surface area contributed by atoms with Gasteiger partial charge < -0.3 is 10.1 Å². The first-order valence-electron chi connectivity index (χ1n) is 9.49. The molecule has 0 saturated heterocycles. The van der Waals surface area contributed by atoms with Crippen molar-refractivity contribution in [2.75, 3.05) is 23.4 Å². The maximum absolute atomic E-state index is 13.0. The molecule has 1 amide bonds. The summed E-state index contributed by atoms with van der Waals surface area (Å²) in [5.74, 6) is -0.00743. The number of methoxy groups -OCH3 is 1. The molecule has 2 aromatic carbocycles. The van der Waals surface area contributed by atoms with Crippen molar-refractivity contribution in [3.05, 3.63) is 65.5 Å². The second-order valence-electron chi connectivity index (χ2n) is 7.12. The first-order chi connectivity index (χ1) is 14.4. The Hall–Kier alpha value is -3.33. The molecule has 0 saturated carbocycles. The van der Waals surface area contributed by atoms with Gasteiger partial charge in [0, 0.05) is 23.0 Å². The Bertz CT molecular complexity index is 1200. The van der Waals surface area contributed by atoms with Crippen LogP contribution >= 0.6 is 0 Å². The topological polar surface area (TPSA) is 102 Å². The molecule has 1 aliphatic carbocycles. The number of nitrogens with zero attached hydrogens (tertiary/aromatic N) is 2.